The summed E-state index contributed by atoms with van der Waals surface area (Å²) >= 11 is 0. The van der Waals surface area contributed by atoms with Gasteiger partial charge in [-0.2, -0.15) is 0 Å². The summed E-state index contributed by atoms with van der Waals surface area (Å²) in [6.07, 6.45) is 0.347. The lowest BCUT2D eigenvalue weighted by molar-refractivity contribution is -0.140. The van der Waals surface area contributed by atoms with Crippen LogP contribution in [0.4, 0.5) is 0 Å². The van der Waals surface area contributed by atoms with Crippen molar-refractivity contribution < 1.29 is 24.5 Å². The summed E-state index contributed by atoms with van der Waals surface area (Å²) in [5, 5.41) is 20.1. The third-order valence-corrected chi connectivity index (χ3v) is 4.65. The molecule has 0 radical (unpaired) electrons. The quantitative estimate of drug-likeness (QED) is 0.437. The first-order valence-corrected chi connectivity index (χ1v) is 9.26. The molecule has 1 saturated heterocycles. The van der Waals surface area contributed by atoms with Crippen LogP contribution in [0, 0.1) is 0 Å². The van der Waals surface area contributed by atoms with Crippen LogP contribution in [0.25, 0.3) is 5.76 Å². The Morgan fingerprint density at radius 3 is 2.36 bits per heavy atom. The number of hydrogen-bond donors (Lipinski definition) is 2. The van der Waals surface area contributed by atoms with Gasteiger partial charge in [0.15, 0.2) is 0 Å². The molecule has 2 aromatic rings. The molecule has 0 spiro atoms. The van der Waals surface area contributed by atoms with Gasteiger partial charge in [0.2, 0.25) is 0 Å². The highest BCUT2D eigenvalue weighted by Gasteiger charge is 2.45. The molecule has 1 aliphatic rings. The molecule has 1 fully saturated rings. The summed E-state index contributed by atoms with van der Waals surface area (Å²) in [5.74, 6) is -0.961. The Labute approximate surface area is 163 Å². The molecule has 0 aromatic heterocycles. The van der Waals surface area contributed by atoms with Gasteiger partial charge in [-0.15, -0.1) is 0 Å². The number of rotatable bonds is 7. The zero-order valence-electron chi connectivity index (χ0n) is 15.7. The van der Waals surface area contributed by atoms with Crippen LogP contribution in [-0.4, -0.2) is 46.6 Å². The molecule has 6 heteroatoms. The number of aliphatic hydroxyl groups is 2. The molecular weight excluding hydrogens is 358 g/mol. The second-order valence-corrected chi connectivity index (χ2v) is 6.44. The van der Waals surface area contributed by atoms with Gasteiger partial charge < -0.3 is 19.8 Å². The molecule has 3 rings (SSSR count). The summed E-state index contributed by atoms with van der Waals surface area (Å²) in [7, 11) is 0. The van der Waals surface area contributed by atoms with Crippen LogP contribution in [0.3, 0.4) is 0 Å². The fourth-order valence-electron chi connectivity index (χ4n) is 3.36. The SMILES string of the molecule is CCOc1ccc(/C(O)=C2\C(=O)C(=O)N(CCCO)C2c2ccccc2)cc1. The molecule has 0 aliphatic carbocycles. The fraction of sp³-hybridized carbons (Fsp3) is 0.273. The number of amides is 1. The summed E-state index contributed by atoms with van der Waals surface area (Å²) in [6, 6.07) is 15.1. The lowest BCUT2D eigenvalue weighted by Crippen LogP contribution is -2.31. The van der Waals surface area contributed by atoms with Crippen molar-refractivity contribution in [1.29, 1.82) is 0 Å². The van der Waals surface area contributed by atoms with E-state index in [0.29, 0.717) is 24.3 Å². The molecule has 2 N–H and O–H groups in total. The Balaban J connectivity index is 2.08. The van der Waals surface area contributed by atoms with Crippen molar-refractivity contribution in [3.63, 3.8) is 0 Å². The Morgan fingerprint density at radius 2 is 1.75 bits per heavy atom. The molecule has 6 nitrogen and oxygen atoms in total. The second kappa shape index (κ2) is 8.71. The molecular formula is C22H23NO5. The highest BCUT2D eigenvalue weighted by molar-refractivity contribution is 6.46. The van der Waals surface area contributed by atoms with E-state index in [9.17, 15) is 14.7 Å². The standard InChI is InChI=1S/C22H23NO5/c1-2-28-17-11-9-16(10-12-17)20(25)18-19(15-7-4-3-5-8-15)23(13-6-14-24)22(27)21(18)26/h3-5,7-12,19,24-25H,2,6,13-14H2,1H3/b20-18+. The number of ketones is 1. The van der Waals surface area contributed by atoms with E-state index in [1.165, 1.54) is 4.90 Å². The number of ether oxygens (including phenoxy) is 1. The number of carbonyl (C=O) groups excluding carboxylic acids is 2. The number of carbonyl (C=O) groups is 2. The van der Waals surface area contributed by atoms with Crippen molar-refractivity contribution in [1.82, 2.24) is 4.90 Å². The van der Waals surface area contributed by atoms with E-state index in [0.717, 1.165) is 5.56 Å². The number of hydrogen-bond acceptors (Lipinski definition) is 5. The number of nitrogens with zero attached hydrogens (tertiary/aromatic N) is 1. The van der Waals surface area contributed by atoms with Crippen LogP contribution in [-0.2, 0) is 9.59 Å². The van der Waals surface area contributed by atoms with E-state index < -0.39 is 17.7 Å². The van der Waals surface area contributed by atoms with E-state index >= 15 is 0 Å². The third kappa shape index (κ3) is 3.77. The Hall–Kier alpha value is -3.12. The summed E-state index contributed by atoms with van der Waals surface area (Å²) in [5.41, 5.74) is 1.22. The maximum absolute atomic E-state index is 12.8. The maximum Gasteiger partial charge on any atom is 0.295 e. The molecule has 1 atom stereocenters. The Bertz CT molecular complexity index is 874. The highest BCUT2D eigenvalue weighted by Crippen LogP contribution is 2.39. The van der Waals surface area contributed by atoms with Crippen LogP contribution in [0.2, 0.25) is 0 Å². The van der Waals surface area contributed by atoms with Crippen molar-refractivity contribution in [3.05, 3.63) is 71.3 Å². The molecule has 1 unspecified atom stereocenters. The van der Waals surface area contributed by atoms with Crippen molar-refractivity contribution in [2.45, 2.75) is 19.4 Å². The topological polar surface area (TPSA) is 87.1 Å². The van der Waals surface area contributed by atoms with Gasteiger partial charge in [0, 0.05) is 18.7 Å². The predicted octanol–water partition coefficient (Wildman–Crippen LogP) is 2.89. The Morgan fingerprint density at radius 1 is 1.07 bits per heavy atom. The smallest absolute Gasteiger partial charge is 0.295 e. The number of benzene rings is 2. The maximum atomic E-state index is 12.8. The van der Waals surface area contributed by atoms with Crippen LogP contribution >= 0.6 is 0 Å². The lowest BCUT2D eigenvalue weighted by atomic mass is 9.95. The van der Waals surface area contributed by atoms with E-state index in [1.807, 2.05) is 37.3 Å². The van der Waals surface area contributed by atoms with Crippen LogP contribution < -0.4 is 4.74 Å². The van der Waals surface area contributed by atoms with Crippen molar-refractivity contribution >= 4 is 17.4 Å². The minimum atomic E-state index is -0.724. The third-order valence-electron chi connectivity index (χ3n) is 4.65. The van der Waals surface area contributed by atoms with Gasteiger partial charge in [-0.25, -0.2) is 0 Å². The minimum Gasteiger partial charge on any atom is -0.507 e. The first-order chi connectivity index (χ1) is 13.6. The average Bonchev–Trinajstić information content (AvgIpc) is 2.98. The fourth-order valence-corrected chi connectivity index (χ4v) is 3.36. The van der Waals surface area contributed by atoms with Gasteiger partial charge in [-0.05, 0) is 43.2 Å². The predicted molar refractivity (Wildman–Crippen MR) is 105 cm³/mol. The van der Waals surface area contributed by atoms with Crippen molar-refractivity contribution in [3.8, 4) is 5.75 Å². The van der Waals surface area contributed by atoms with Gasteiger partial charge in [0.25, 0.3) is 11.7 Å². The monoisotopic (exact) mass is 381 g/mol. The molecule has 1 heterocycles. The van der Waals surface area contributed by atoms with Crippen molar-refractivity contribution in [2.75, 3.05) is 19.8 Å². The van der Waals surface area contributed by atoms with E-state index in [1.54, 1.807) is 24.3 Å². The van der Waals surface area contributed by atoms with Crippen LogP contribution in [0.5, 0.6) is 5.75 Å². The van der Waals surface area contributed by atoms with Crippen molar-refractivity contribution in [2.24, 2.45) is 0 Å². The van der Waals surface area contributed by atoms with E-state index in [4.69, 9.17) is 9.84 Å². The van der Waals surface area contributed by atoms with E-state index in [-0.39, 0.29) is 24.5 Å². The molecule has 2 aromatic carbocycles. The molecule has 1 aliphatic heterocycles. The summed E-state index contributed by atoms with van der Waals surface area (Å²) < 4.78 is 5.41. The first kappa shape index (κ1) is 19.6. The molecule has 0 saturated carbocycles. The molecule has 1 amide bonds. The van der Waals surface area contributed by atoms with Crippen LogP contribution in [0.1, 0.15) is 30.5 Å². The van der Waals surface area contributed by atoms with Gasteiger partial charge in [0.05, 0.1) is 18.2 Å². The minimum absolute atomic E-state index is 0.0540. The second-order valence-electron chi connectivity index (χ2n) is 6.44. The van der Waals surface area contributed by atoms with Crippen LogP contribution in [0.15, 0.2) is 60.2 Å². The average molecular weight is 381 g/mol. The van der Waals surface area contributed by atoms with Gasteiger partial charge in [0.1, 0.15) is 11.5 Å². The number of likely N-dealkylation sites (tertiary alicyclic amines) is 1. The summed E-state index contributed by atoms with van der Waals surface area (Å²) in [4.78, 5) is 26.8. The highest BCUT2D eigenvalue weighted by atomic mass is 16.5. The number of Topliss-reactive ketones (excluding diaryl/α,β-unsaturated/α-hetero) is 1. The van der Waals surface area contributed by atoms with E-state index in [2.05, 4.69) is 0 Å². The largest absolute Gasteiger partial charge is 0.507 e. The normalized spacial score (nSPS) is 18.5. The van der Waals surface area contributed by atoms with Gasteiger partial charge in [-0.3, -0.25) is 9.59 Å². The molecule has 146 valence electrons. The van der Waals surface area contributed by atoms with Gasteiger partial charge >= 0.3 is 0 Å². The number of aliphatic hydroxyl groups excluding tert-OH is 2. The Kier molecular flexibility index (Phi) is 6.11. The zero-order chi connectivity index (χ0) is 20.1. The zero-order valence-corrected chi connectivity index (χ0v) is 15.7. The summed E-state index contributed by atoms with van der Waals surface area (Å²) in [6.45, 7) is 2.53. The first-order valence-electron chi connectivity index (χ1n) is 9.26. The molecule has 28 heavy (non-hydrogen) atoms. The molecule has 0 bridgehead atoms. The lowest BCUT2D eigenvalue weighted by Gasteiger charge is -2.25. The van der Waals surface area contributed by atoms with Gasteiger partial charge in [-0.1, -0.05) is 30.3 Å².